The fourth-order valence-electron chi connectivity index (χ4n) is 1.24. The number of methoxy groups -OCH3 is 2. The Balaban J connectivity index is 3.83. The van der Waals surface area contributed by atoms with Crippen molar-refractivity contribution < 1.29 is 19.4 Å². The average Bonchev–Trinajstić information content (AvgIpc) is 2.20. The van der Waals surface area contributed by atoms with E-state index in [2.05, 4.69) is 4.74 Å². The normalized spacial score (nSPS) is 12.9. The summed E-state index contributed by atoms with van der Waals surface area (Å²) >= 11 is 0. The molecule has 0 saturated heterocycles. The molecule has 1 N–H and O–H groups in total. The predicted octanol–water partition coefficient (Wildman–Crippen LogP) is -0.121. The fraction of sp³-hybridized carbons (Fsp3) is 0.900. The van der Waals surface area contributed by atoms with Gasteiger partial charge in [-0.25, -0.2) is 0 Å². The van der Waals surface area contributed by atoms with Crippen molar-refractivity contribution in [2.24, 2.45) is 0 Å². The Morgan fingerprint density at radius 3 is 2.53 bits per heavy atom. The number of ether oxygens (including phenoxy) is 2. The molecule has 0 aromatic carbocycles. The van der Waals surface area contributed by atoms with Crippen molar-refractivity contribution in [3.8, 4) is 0 Å². The molecule has 0 amide bonds. The first-order chi connectivity index (χ1) is 7.10. The van der Waals surface area contributed by atoms with Gasteiger partial charge in [-0.3, -0.25) is 9.69 Å². The highest BCUT2D eigenvalue weighted by molar-refractivity contribution is 5.69. The van der Waals surface area contributed by atoms with E-state index in [0.29, 0.717) is 32.7 Å². The van der Waals surface area contributed by atoms with E-state index in [1.165, 1.54) is 7.11 Å². The van der Waals surface area contributed by atoms with E-state index in [1.54, 1.807) is 14.0 Å². The number of hydrogen-bond donors (Lipinski definition) is 1. The summed E-state index contributed by atoms with van der Waals surface area (Å²) in [5.41, 5.74) is 0. The topological polar surface area (TPSA) is 59.0 Å². The molecule has 0 spiro atoms. The SMILES string of the molecule is COCCN(CCC(=O)OC)CC(C)O. The maximum absolute atomic E-state index is 10.9. The van der Waals surface area contributed by atoms with Gasteiger partial charge in [-0.2, -0.15) is 0 Å². The van der Waals surface area contributed by atoms with Gasteiger partial charge in [0.2, 0.25) is 0 Å². The predicted molar refractivity (Wildman–Crippen MR) is 56.6 cm³/mol. The molecule has 0 aromatic heterocycles. The maximum Gasteiger partial charge on any atom is 0.306 e. The van der Waals surface area contributed by atoms with Gasteiger partial charge in [0.25, 0.3) is 0 Å². The van der Waals surface area contributed by atoms with Crippen LogP contribution in [-0.4, -0.2) is 62.5 Å². The molecule has 0 saturated carbocycles. The number of rotatable bonds is 8. The van der Waals surface area contributed by atoms with Gasteiger partial charge in [-0.15, -0.1) is 0 Å². The minimum Gasteiger partial charge on any atom is -0.469 e. The molecule has 0 heterocycles. The van der Waals surface area contributed by atoms with E-state index >= 15 is 0 Å². The highest BCUT2D eigenvalue weighted by Gasteiger charge is 2.10. The average molecular weight is 219 g/mol. The van der Waals surface area contributed by atoms with Crippen LogP contribution >= 0.6 is 0 Å². The number of carbonyl (C=O) groups is 1. The summed E-state index contributed by atoms with van der Waals surface area (Å²) in [6.07, 6.45) is -0.0630. The molecule has 1 unspecified atom stereocenters. The first-order valence-corrected chi connectivity index (χ1v) is 5.06. The largest absolute Gasteiger partial charge is 0.469 e. The first-order valence-electron chi connectivity index (χ1n) is 5.06. The number of nitrogens with zero attached hydrogens (tertiary/aromatic N) is 1. The van der Waals surface area contributed by atoms with Crippen molar-refractivity contribution in [2.75, 3.05) is 40.5 Å². The molecule has 5 nitrogen and oxygen atoms in total. The maximum atomic E-state index is 10.9. The standard InChI is InChI=1S/C10H21NO4/c1-9(12)8-11(6-7-14-2)5-4-10(13)15-3/h9,12H,4-8H2,1-3H3. The molecular weight excluding hydrogens is 198 g/mol. The molecule has 5 heteroatoms. The molecule has 0 fully saturated rings. The second-order valence-electron chi connectivity index (χ2n) is 3.47. The van der Waals surface area contributed by atoms with Crippen LogP contribution in [0.2, 0.25) is 0 Å². The minimum absolute atomic E-state index is 0.233. The molecule has 0 aromatic rings. The van der Waals surface area contributed by atoms with Gasteiger partial charge in [0.15, 0.2) is 0 Å². The molecule has 0 rings (SSSR count). The lowest BCUT2D eigenvalue weighted by molar-refractivity contribution is -0.141. The van der Waals surface area contributed by atoms with Gasteiger partial charge < -0.3 is 14.6 Å². The zero-order chi connectivity index (χ0) is 11.7. The monoisotopic (exact) mass is 219 g/mol. The number of esters is 1. The van der Waals surface area contributed by atoms with E-state index in [-0.39, 0.29) is 5.97 Å². The van der Waals surface area contributed by atoms with Crippen LogP contribution in [0.25, 0.3) is 0 Å². The first kappa shape index (κ1) is 14.3. The van der Waals surface area contributed by atoms with Gasteiger partial charge in [-0.05, 0) is 6.92 Å². The van der Waals surface area contributed by atoms with Crippen LogP contribution in [0, 0.1) is 0 Å². The molecule has 0 radical (unpaired) electrons. The van der Waals surface area contributed by atoms with Gasteiger partial charge in [0.1, 0.15) is 0 Å². The molecular formula is C10H21NO4. The molecule has 15 heavy (non-hydrogen) atoms. The van der Waals surface area contributed by atoms with E-state index in [0.717, 1.165) is 0 Å². The van der Waals surface area contributed by atoms with Gasteiger partial charge in [-0.1, -0.05) is 0 Å². The molecule has 90 valence electrons. The van der Waals surface area contributed by atoms with Crippen LogP contribution in [0.3, 0.4) is 0 Å². The smallest absolute Gasteiger partial charge is 0.306 e. The highest BCUT2D eigenvalue weighted by Crippen LogP contribution is 1.96. The van der Waals surface area contributed by atoms with E-state index < -0.39 is 6.10 Å². The number of aliphatic hydroxyl groups excluding tert-OH is 1. The second kappa shape index (κ2) is 8.64. The Kier molecular flexibility index (Phi) is 8.27. The summed E-state index contributed by atoms with van der Waals surface area (Å²) in [7, 11) is 3.00. The summed E-state index contributed by atoms with van der Waals surface area (Å²) in [5, 5.41) is 9.25. The van der Waals surface area contributed by atoms with Gasteiger partial charge in [0, 0.05) is 26.7 Å². The number of hydrogen-bond acceptors (Lipinski definition) is 5. The van der Waals surface area contributed by atoms with Crippen LogP contribution < -0.4 is 0 Å². The fourth-order valence-corrected chi connectivity index (χ4v) is 1.24. The van der Waals surface area contributed by atoms with Crippen LogP contribution in [-0.2, 0) is 14.3 Å². The third-order valence-electron chi connectivity index (χ3n) is 1.99. The number of aliphatic hydroxyl groups is 1. The van der Waals surface area contributed by atoms with Crippen molar-refractivity contribution in [1.29, 1.82) is 0 Å². The van der Waals surface area contributed by atoms with E-state index in [9.17, 15) is 9.90 Å². The Morgan fingerprint density at radius 2 is 2.07 bits per heavy atom. The van der Waals surface area contributed by atoms with Crippen LogP contribution in [0.1, 0.15) is 13.3 Å². The van der Waals surface area contributed by atoms with Crippen molar-refractivity contribution in [3.63, 3.8) is 0 Å². The van der Waals surface area contributed by atoms with Crippen molar-refractivity contribution in [2.45, 2.75) is 19.4 Å². The summed E-state index contributed by atoms with van der Waals surface area (Å²) < 4.78 is 9.50. The Bertz CT molecular complexity index is 173. The van der Waals surface area contributed by atoms with E-state index in [4.69, 9.17) is 4.74 Å². The van der Waals surface area contributed by atoms with Crippen LogP contribution in [0.4, 0.5) is 0 Å². The lowest BCUT2D eigenvalue weighted by atomic mass is 10.3. The number of carbonyl (C=O) groups excluding carboxylic acids is 1. The third kappa shape index (κ3) is 8.35. The Hall–Kier alpha value is -0.650. The second-order valence-corrected chi connectivity index (χ2v) is 3.47. The third-order valence-corrected chi connectivity index (χ3v) is 1.99. The quantitative estimate of drug-likeness (QED) is 0.577. The van der Waals surface area contributed by atoms with Crippen LogP contribution in [0.5, 0.6) is 0 Å². The zero-order valence-electron chi connectivity index (χ0n) is 9.73. The highest BCUT2D eigenvalue weighted by atomic mass is 16.5. The Labute approximate surface area is 91.0 Å². The summed E-state index contributed by atoms with van der Waals surface area (Å²) in [5.74, 6) is -0.233. The molecule has 0 aliphatic heterocycles. The molecule has 1 atom stereocenters. The van der Waals surface area contributed by atoms with Crippen LogP contribution in [0.15, 0.2) is 0 Å². The lowest BCUT2D eigenvalue weighted by Gasteiger charge is -2.22. The minimum atomic E-state index is -0.403. The van der Waals surface area contributed by atoms with Crippen molar-refractivity contribution >= 4 is 5.97 Å². The van der Waals surface area contributed by atoms with Crippen molar-refractivity contribution in [3.05, 3.63) is 0 Å². The summed E-state index contributed by atoms with van der Waals surface area (Å²) in [4.78, 5) is 12.9. The zero-order valence-corrected chi connectivity index (χ0v) is 9.73. The van der Waals surface area contributed by atoms with Gasteiger partial charge in [0.05, 0.1) is 26.2 Å². The summed E-state index contributed by atoms with van der Waals surface area (Å²) in [6.45, 7) is 4.14. The Morgan fingerprint density at radius 1 is 1.40 bits per heavy atom. The summed E-state index contributed by atoms with van der Waals surface area (Å²) in [6, 6.07) is 0. The molecule has 0 aliphatic carbocycles. The lowest BCUT2D eigenvalue weighted by Crippen LogP contribution is -2.35. The van der Waals surface area contributed by atoms with Gasteiger partial charge >= 0.3 is 5.97 Å². The van der Waals surface area contributed by atoms with E-state index in [1.807, 2.05) is 4.90 Å². The molecule has 0 aliphatic rings. The van der Waals surface area contributed by atoms with Crippen molar-refractivity contribution in [1.82, 2.24) is 4.90 Å². The molecule has 0 bridgehead atoms.